The van der Waals surface area contributed by atoms with E-state index in [-0.39, 0.29) is 5.91 Å². The number of anilines is 1. The van der Waals surface area contributed by atoms with Gasteiger partial charge in [0, 0.05) is 11.7 Å². The van der Waals surface area contributed by atoms with Crippen LogP contribution < -0.4 is 10.1 Å². The first-order chi connectivity index (χ1) is 12.2. The largest absolute Gasteiger partial charge is 0.457 e. The van der Waals surface area contributed by atoms with Crippen LogP contribution >= 0.6 is 0 Å². The van der Waals surface area contributed by atoms with Crippen molar-refractivity contribution in [3.63, 3.8) is 0 Å². The lowest BCUT2D eigenvalue weighted by molar-refractivity contribution is -0.118. The Morgan fingerprint density at radius 3 is 2.52 bits per heavy atom. The molecule has 4 nitrogen and oxygen atoms in total. The first kappa shape index (κ1) is 17.5. The monoisotopic (exact) mass is 338 g/mol. The number of ether oxygens (including phenoxy) is 1. The van der Waals surface area contributed by atoms with Crippen molar-refractivity contribution in [3.05, 3.63) is 54.6 Å². The first-order valence-electron chi connectivity index (χ1n) is 9.11. The van der Waals surface area contributed by atoms with Gasteiger partial charge >= 0.3 is 0 Å². The average molecular weight is 338 g/mol. The van der Waals surface area contributed by atoms with Gasteiger partial charge in [-0.3, -0.25) is 9.69 Å². The average Bonchev–Trinajstić information content (AvgIpc) is 2.64. The van der Waals surface area contributed by atoms with E-state index in [2.05, 4.69) is 17.1 Å². The SMILES string of the molecule is CCC1CCCCN1CC(=O)Nc1ccc(Oc2ccccc2)cc1. The number of hydrogen-bond donors (Lipinski definition) is 1. The van der Waals surface area contributed by atoms with Crippen molar-refractivity contribution in [3.8, 4) is 11.5 Å². The summed E-state index contributed by atoms with van der Waals surface area (Å²) in [6.45, 7) is 3.70. The smallest absolute Gasteiger partial charge is 0.238 e. The number of benzene rings is 2. The molecule has 1 unspecified atom stereocenters. The number of nitrogens with one attached hydrogen (secondary N) is 1. The van der Waals surface area contributed by atoms with Gasteiger partial charge in [0.25, 0.3) is 0 Å². The number of carbonyl (C=O) groups is 1. The molecule has 0 aliphatic carbocycles. The number of amides is 1. The number of rotatable bonds is 6. The van der Waals surface area contributed by atoms with Gasteiger partial charge in [-0.1, -0.05) is 31.5 Å². The zero-order valence-corrected chi connectivity index (χ0v) is 14.8. The van der Waals surface area contributed by atoms with Crippen LogP contribution in [0.15, 0.2) is 54.6 Å². The molecule has 0 aromatic heterocycles. The summed E-state index contributed by atoms with van der Waals surface area (Å²) in [7, 11) is 0. The molecule has 3 rings (SSSR count). The summed E-state index contributed by atoms with van der Waals surface area (Å²) in [5.74, 6) is 1.61. The van der Waals surface area contributed by atoms with Gasteiger partial charge in [-0.15, -0.1) is 0 Å². The molecule has 25 heavy (non-hydrogen) atoms. The van der Waals surface area contributed by atoms with Crippen molar-refractivity contribution in [2.45, 2.75) is 38.6 Å². The predicted molar refractivity (Wildman–Crippen MR) is 101 cm³/mol. The van der Waals surface area contributed by atoms with E-state index in [0.717, 1.165) is 30.2 Å². The van der Waals surface area contributed by atoms with Crippen LogP contribution in [-0.2, 0) is 4.79 Å². The van der Waals surface area contributed by atoms with E-state index < -0.39 is 0 Å². The third-order valence-electron chi connectivity index (χ3n) is 4.68. The number of hydrogen-bond acceptors (Lipinski definition) is 3. The van der Waals surface area contributed by atoms with Crippen LogP contribution in [0.2, 0.25) is 0 Å². The molecule has 1 aliphatic heterocycles. The summed E-state index contributed by atoms with van der Waals surface area (Å²) in [6.07, 6.45) is 4.78. The molecule has 1 aliphatic rings. The Morgan fingerprint density at radius 1 is 1.08 bits per heavy atom. The zero-order chi connectivity index (χ0) is 17.5. The molecule has 1 N–H and O–H groups in total. The van der Waals surface area contributed by atoms with E-state index >= 15 is 0 Å². The minimum Gasteiger partial charge on any atom is -0.457 e. The summed E-state index contributed by atoms with van der Waals surface area (Å²) in [5, 5.41) is 2.99. The van der Waals surface area contributed by atoms with Gasteiger partial charge in [-0.25, -0.2) is 0 Å². The highest BCUT2D eigenvalue weighted by atomic mass is 16.5. The topological polar surface area (TPSA) is 41.6 Å². The van der Waals surface area contributed by atoms with Crippen LogP contribution in [0, 0.1) is 0 Å². The fraction of sp³-hybridized carbons (Fsp3) is 0.381. The molecule has 1 atom stereocenters. The maximum Gasteiger partial charge on any atom is 0.238 e. The van der Waals surface area contributed by atoms with Gasteiger partial charge in [0.15, 0.2) is 0 Å². The van der Waals surface area contributed by atoms with E-state index in [4.69, 9.17) is 4.74 Å². The molecule has 0 radical (unpaired) electrons. The Hall–Kier alpha value is -2.33. The number of piperidine rings is 1. The molecule has 0 saturated carbocycles. The Bertz CT molecular complexity index is 670. The number of likely N-dealkylation sites (tertiary alicyclic amines) is 1. The molecule has 1 amide bonds. The highest BCUT2D eigenvalue weighted by Crippen LogP contribution is 2.23. The molecule has 0 bridgehead atoms. The van der Waals surface area contributed by atoms with Crippen LogP contribution in [-0.4, -0.2) is 29.9 Å². The molecule has 4 heteroatoms. The van der Waals surface area contributed by atoms with E-state index in [9.17, 15) is 4.79 Å². The number of carbonyl (C=O) groups excluding carboxylic acids is 1. The Morgan fingerprint density at radius 2 is 1.80 bits per heavy atom. The molecule has 0 spiro atoms. The maximum atomic E-state index is 12.3. The highest BCUT2D eigenvalue weighted by Gasteiger charge is 2.22. The number of para-hydroxylation sites is 1. The van der Waals surface area contributed by atoms with E-state index in [1.807, 2.05) is 54.6 Å². The van der Waals surface area contributed by atoms with Crippen molar-refractivity contribution in [1.29, 1.82) is 0 Å². The second kappa shape index (κ2) is 8.67. The zero-order valence-electron chi connectivity index (χ0n) is 14.8. The highest BCUT2D eigenvalue weighted by molar-refractivity contribution is 5.92. The minimum atomic E-state index is 0.0528. The van der Waals surface area contributed by atoms with Crippen LogP contribution in [0.4, 0.5) is 5.69 Å². The maximum absolute atomic E-state index is 12.3. The van der Waals surface area contributed by atoms with Crippen molar-refractivity contribution in [1.82, 2.24) is 4.90 Å². The third kappa shape index (κ3) is 5.07. The quantitative estimate of drug-likeness (QED) is 0.831. The van der Waals surface area contributed by atoms with E-state index in [1.54, 1.807) is 0 Å². The molecule has 1 fully saturated rings. The number of nitrogens with zero attached hydrogens (tertiary/aromatic N) is 1. The molecule has 1 heterocycles. The minimum absolute atomic E-state index is 0.0528. The normalized spacial score (nSPS) is 17.9. The van der Waals surface area contributed by atoms with Crippen LogP contribution in [0.25, 0.3) is 0 Å². The lowest BCUT2D eigenvalue weighted by atomic mass is 10.00. The van der Waals surface area contributed by atoms with Crippen molar-refractivity contribution >= 4 is 11.6 Å². The standard InChI is InChI=1S/C21H26N2O2/c1-2-18-8-6-7-15-23(18)16-21(24)22-17-11-13-20(14-12-17)25-19-9-4-3-5-10-19/h3-5,9-14,18H,2,6-8,15-16H2,1H3,(H,22,24). The lowest BCUT2D eigenvalue weighted by Crippen LogP contribution is -2.43. The van der Waals surface area contributed by atoms with Gasteiger partial charge in [0.05, 0.1) is 6.54 Å². The summed E-state index contributed by atoms with van der Waals surface area (Å²) in [5.41, 5.74) is 0.801. The Labute approximate surface area is 149 Å². The van der Waals surface area contributed by atoms with Crippen molar-refractivity contribution in [2.75, 3.05) is 18.4 Å². The summed E-state index contributed by atoms with van der Waals surface area (Å²) >= 11 is 0. The van der Waals surface area contributed by atoms with Crippen LogP contribution in [0.1, 0.15) is 32.6 Å². The molecular weight excluding hydrogens is 312 g/mol. The first-order valence-corrected chi connectivity index (χ1v) is 9.11. The molecular formula is C21H26N2O2. The molecule has 1 saturated heterocycles. The van der Waals surface area contributed by atoms with Crippen LogP contribution in [0.3, 0.4) is 0 Å². The van der Waals surface area contributed by atoms with Gasteiger partial charge in [-0.2, -0.15) is 0 Å². The summed E-state index contributed by atoms with van der Waals surface area (Å²) in [6, 6.07) is 17.7. The molecule has 2 aromatic carbocycles. The predicted octanol–water partition coefficient (Wildman–Crippen LogP) is 4.68. The fourth-order valence-corrected chi connectivity index (χ4v) is 3.35. The van der Waals surface area contributed by atoms with Crippen molar-refractivity contribution < 1.29 is 9.53 Å². The van der Waals surface area contributed by atoms with Gasteiger partial charge in [-0.05, 0) is 62.2 Å². The molecule has 2 aromatic rings. The van der Waals surface area contributed by atoms with Gasteiger partial charge in [0.1, 0.15) is 11.5 Å². The Balaban J connectivity index is 1.53. The second-order valence-corrected chi connectivity index (χ2v) is 6.52. The Kier molecular flexibility index (Phi) is 6.07. The van der Waals surface area contributed by atoms with E-state index in [0.29, 0.717) is 12.6 Å². The molecule has 132 valence electrons. The summed E-state index contributed by atoms with van der Waals surface area (Å²) in [4.78, 5) is 14.6. The van der Waals surface area contributed by atoms with Gasteiger partial charge in [0.2, 0.25) is 5.91 Å². The van der Waals surface area contributed by atoms with Gasteiger partial charge < -0.3 is 10.1 Å². The van der Waals surface area contributed by atoms with Crippen LogP contribution in [0.5, 0.6) is 11.5 Å². The second-order valence-electron chi connectivity index (χ2n) is 6.52. The fourth-order valence-electron chi connectivity index (χ4n) is 3.35. The third-order valence-corrected chi connectivity index (χ3v) is 4.68. The van der Waals surface area contributed by atoms with E-state index in [1.165, 1.54) is 19.3 Å². The summed E-state index contributed by atoms with van der Waals surface area (Å²) < 4.78 is 5.77. The van der Waals surface area contributed by atoms with Crippen molar-refractivity contribution in [2.24, 2.45) is 0 Å². The lowest BCUT2D eigenvalue weighted by Gasteiger charge is -2.34.